The maximum Gasteiger partial charge on any atom is 0.416 e. The van der Waals surface area contributed by atoms with E-state index in [1.165, 1.54) is 11.0 Å². The van der Waals surface area contributed by atoms with Crippen LogP contribution in [0.25, 0.3) is 10.9 Å². The van der Waals surface area contributed by atoms with Crippen molar-refractivity contribution in [2.45, 2.75) is 31.7 Å². The minimum atomic E-state index is -4.71. The monoisotopic (exact) mass is 376 g/mol. The summed E-state index contributed by atoms with van der Waals surface area (Å²) in [5.41, 5.74) is 0.453. The standard InChI is InChI=1S/C16H16ClF3N2O3/c1-2-8-7-25-15-11(22(8)6-12(23)16(18,19)20)4-3-10-14(15)9(17)5-13(24)21-10/h3-5,8,12,23H,2,6-7H2,1H3,(H,21,24)/t8-,12?/m1/s1. The summed E-state index contributed by atoms with van der Waals surface area (Å²) < 4.78 is 44.2. The summed E-state index contributed by atoms with van der Waals surface area (Å²) in [4.78, 5) is 15.6. The SMILES string of the molecule is CC[C@@H]1COc2c(ccc3[nH]c(=O)cc(Cl)c23)N1CC(O)C(F)(F)F. The van der Waals surface area contributed by atoms with Gasteiger partial charge >= 0.3 is 6.18 Å². The van der Waals surface area contributed by atoms with Crippen molar-refractivity contribution in [2.24, 2.45) is 0 Å². The van der Waals surface area contributed by atoms with Crippen LogP contribution in [0.15, 0.2) is 23.0 Å². The topological polar surface area (TPSA) is 65.6 Å². The molecule has 3 rings (SSSR count). The molecule has 1 aromatic heterocycles. The molecule has 0 radical (unpaired) electrons. The summed E-state index contributed by atoms with van der Waals surface area (Å²) in [7, 11) is 0. The number of β-amino-alcohol motifs (C(OH)–C–C–N with tert-alkyl or cyclic N) is 1. The van der Waals surface area contributed by atoms with Crippen LogP contribution in [-0.2, 0) is 0 Å². The van der Waals surface area contributed by atoms with E-state index in [0.717, 1.165) is 0 Å². The van der Waals surface area contributed by atoms with E-state index < -0.39 is 18.8 Å². The van der Waals surface area contributed by atoms with Gasteiger partial charge in [0.05, 0.1) is 34.2 Å². The summed E-state index contributed by atoms with van der Waals surface area (Å²) >= 11 is 6.15. The second-order valence-electron chi connectivity index (χ2n) is 5.90. The number of anilines is 1. The van der Waals surface area contributed by atoms with Gasteiger partial charge in [0, 0.05) is 6.07 Å². The quantitative estimate of drug-likeness (QED) is 0.864. The Hall–Kier alpha value is -1.93. The predicted molar refractivity (Wildman–Crippen MR) is 88.6 cm³/mol. The Morgan fingerprint density at radius 1 is 1.48 bits per heavy atom. The number of ether oxygens (including phenoxy) is 1. The number of aromatic amines is 1. The predicted octanol–water partition coefficient (Wildman–Crippen LogP) is 3.08. The molecule has 1 aliphatic rings. The van der Waals surface area contributed by atoms with Crippen LogP contribution >= 0.6 is 11.6 Å². The minimum Gasteiger partial charge on any atom is -0.488 e. The van der Waals surface area contributed by atoms with Crippen LogP contribution in [0.1, 0.15) is 13.3 Å². The Morgan fingerprint density at radius 3 is 2.84 bits per heavy atom. The molecule has 0 fully saturated rings. The van der Waals surface area contributed by atoms with Gasteiger partial charge in [0.25, 0.3) is 0 Å². The van der Waals surface area contributed by atoms with Crippen molar-refractivity contribution >= 4 is 28.2 Å². The molecule has 0 saturated carbocycles. The fraction of sp³-hybridized carbons (Fsp3) is 0.438. The molecule has 0 spiro atoms. The Bertz CT molecular complexity index is 853. The summed E-state index contributed by atoms with van der Waals surface area (Å²) in [6, 6.07) is 4.00. The van der Waals surface area contributed by atoms with Crippen LogP contribution in [0.3, 0.4) is 0 Å². The number of hydrogen-bond donors (Lipinski definition) is 2. The van der Waals surface area contributed by atoms with Gasteiger partial charge in [-0.15, -0.1) is 0 Å². The molecule has 2 heterocycles. The third kappa shape index (κ3) is 3.28. The molecule has 136 valence electrons. The van der Waals surface area contributed by atoms with Gasteiger partial charge in [0.1, 0.15) is 6.61 Å². The summed E-state index contributed by atoms with van der Waals surface area (Å²) in [6.07, 6.45) is -6.65. The molecule has 1 unspecified atom stereocenters. The molecule has 0 bridgehead atoms. The summed E-state index contributed by atoms with van der Waals surface area (Å²) in [5, 5.41) is 10.1. The molecule has 1 aromatic carbocycles. The zero-order valence-corrected chi connectivity index (χ0v) is 14.0. The largest absolute Gasteiger partial charge is 0.488 e. The molecular weight excluding hydrogens is 361 g/mol. The van der Waals surface area contributed by atoms with Gasteiger partial charge in [-0.2, -0.15) is 13.2 Å². The van der Waals surface area contributed by atoms with Crippen molar-refractivity contribution in [2.75, 3.05) is 18.1 Å². The minimum absolute atomic E-state index is 0.155. The first-order valence-corrected chi connectivity index (χ1v) is 8.10. The molecule has 9 heteroatoms. The number of hydrogen-bond acceptors (Lipinski definition) is 4. The first kappa shape index (κ1) is 17.9. The molecule has 0 amide bonds. The summed E-state index contributed by atoms with van der Waals surface area (Å²) in [6.45, 7) is 1.38. The molecule has 25 heavy (non-hydrogen) atoms. The maximum atomic E-state index is 12.8. The molecule has 2 N–H and O–H groups in total. The smallest absolute Gasteiger partial charge is 0.416 e. The highest BCUT2D eigenvalue weighted by Crippen LogP contribution is 2.42. The second kappa shape index (κ2) is 6.42. The number of aromatic nitrogens is 1. The number of aliphatic hydroxyl groups is 1. The number of nitrogens with zero attached hydrogens (tertiary/aromatic N) is 1. The highest BCUT2D eigenvalue weighted by molar-refractivity contribution is 6.36. The normalized spacial score (nSPS) is 18.8. The number of pyridine rings is 1. The van der Waals surface area contributed by atoms with Crippen LogP contribution in [0.2, 0.25) is 5.02 Å². The van der Waals surface area contributed by atoms with Crippen LogP contribution in [0, 0.1) is 0 Å². The molecule has 2 aromatic rings. The number of alkyl halides is 3. The van der Waals surface area contributed by atoms with Crippen molar-refractivity contribution in [3.8, 4) is 5.75 Å². The number of benzene rings is 1. The first-order chi connectivity index (χ1) is 11.7. The number of nitrogens with one attached hydrogen (secondary N) is 1. The molecule has 2 atom stereocenters. The van der Waals surface area contributed by atoms with Gasteiger partial charge in [-0.1, -0.05) is 18.5 Å². The average Bonchev–Trinajstić information content (AvgIpc) is 2.53. The fourth-order valence-corrected chi connectivity index (χ4v) is 3.27. The van der Waals surface area contributed by atoms with E-state index in [2.05, 4.69) is 4.98 Å². The number of rotatable bonds is 3. The molecule has 1 aliphatic heterocycles. The van der Waals surface area contributed by atoms with Crippen LogP contribution < -0.4 is 15.2 Å². The van der Waals surface area contributed by atoms with E-state index in [4.69, 9.17) is 16.3 Å². The molecule has 0 aliphatic carbocycles. The lowest BCUT2D eigenvalue weighted by Gasteiger charge is -2.40. The van der Waals surface area contributed by atoms with Crippen molar-refractivity contribution < 1.29 is 23.0 Å². The third-order valence-corrected chi connectivity index (χ3v) is 4.58. The van der Waals surface area contributed by atoms with Gasteiger partial charge in [-0.25, -0.2) is 0 Å². The van der Waals surface area contributed by atoms with Gasteiger partial charge in [-0.3, -0.25) is 4.79 Å². The van der Waals surface area contributed by atoms with Gasteiger partial charge < -0.3 is 19.7 Å². The lowest BCUT2D eigenvalue weighted by atomic mass is 10.1. The van der Waals surface area contributed by atoms with E-state index in [9.17, 15) is 23.1 Å². The summed E-state index contributed by atoms with van der Waals surface area (Å²) in [5.74, 6) is 0.304. The highest BCUT2D eigenvalue weighted by atomic mass is 35.5. The van der Waals surface area contributed by atoms with Crippen molar-refractivity contribution in [1.82, 2.24) is 4.98 Å². The number of H-pyrrole nitrogens is 1. The van der Waals surface area contributed by atoms with E-state index in [1.54, 1.807) is 12.1 Å². The van der Waals surface area contributed by atoms with Crippen molar-refractivity contribution in [1.29, 1.82) is 0 Å². The zero-order valence-electron chi connectivity index (χ0n) is 13.2. The van der Waals surface area contributed by atoms with Gasteiger partial charge in [0.15, 0.2) is 11.9 Å². The van der Waals surface area contributed by atoms with Crippen LogP contribution in [0.5, 0.6) is 5.75 Å². The Labute approximate surface area is 146 Å². The van der Waals surface area contributed by atoms with E-state index in [1.807, 2.05) is 6.92 Å². The molecular formula is C16H16ClF3N2O3. The highest BCUT2D eigenvalue weighted by Gasteiger charge is 2.41. The number of halogens is 4. The molecule has 0 saturated heterocycles. The number of aliphatic hydroxyl groups excluding tert-OH is 1. The lowest BCUT2D eigenvalue weighted by molar-refractivity contribution is -0.200. The Kier molecular flexibility index (Phi) is 4.59. The van der Waals surface area contributed by atoms with E-state index in [0.29, 0.717) is 28.8 Å². The zero-order chi connectivity index (χ0) is 18.4. The molecule has 5 nitrogen and oxygen atoms in total. The lowest BCUT2D eigenvalue weighted by Crippen LogP contribution is -2.49. The Morgan fingerprint density at radius 2 is 2.20 bits per heavy atom. The van der Waals surface area contributed by atoms with Gasteiger partial charge in [-0.05, 0) is 18.6 Å². The van der Waals surface area contributed by atoms with Crippen LogP contribution in [-0.4, -0.2) is 41.6 Å². The first-order valence-electron chi connectivity index (χ1n) is 7.72. The van der Waals surface area contributed by atoms with E-state index >= 15 is 0 Å². The average molecular weight is 377 g/mol. The van der Waals surface area contributed by atoms with Crippen molar-refractivity contribution in [3.63, 3.8) is 0 Å². The van der Waals surface area contributed by atoms with Crippen molar-refractivity contribution in [3.05, 3.63) is 33.6 Å². The fourth-order valence-electron chi connectivity index (χ4n) is 2.98. The van der Waals surface area contributed by atoms with Crippen LogP contribution in [0.4, 0.5) is 18.9 Å². The number of fused-ring (bicyclic) bond motifs is 3. The maximum absolute atomic E-state index is 12.8. The third-order valence-electron chi connectivity index (χ3n) is 4.28. The van der Waals surface area contributed by atoms with Gasteiger partial charge in [0.2, 0.25) is 5.56 Å². The van der Waals surface area contributed by atoms with E-state index in [-0.39, 0.29) is 23.2 Å². The second-order valence-corrected chi connectivity index (χ2v) is 6.31. The Balaban J connectivity index is 2.12.